The van der Waals surface area contributed by atoms with Gasteiger partial charge >= 0.3 is 0 Å². The average Bonchev–Trinajstić information content (AvgIpc) is 3.55. The van der Waals surface area contributed by atoms with Crippen LogP contribution in [0.25, 0.3) is 44.2 Å². The van der Waals surface area contributed by atoms with E-state index in [4.69, 9.17) is 14.7 Å². The van der Waals surface area contributed by atoms with Gasteiger partial charge in [-0.3, -0.25) is 8.97 Å². The molecule has 0 bridgehead atoms. The normalized spacial score (nSPS) is 12.6. The molecule has 0 atom stereocenters. The SMILES string of the molecule is CC(C)(C)c1ccnc(-n2c3ccccc3c3ccc(Oc4ccc5nc(C(C)(C)C)n6ccnc6c5c4)cc32)c1. The third-order valence-electron chi connectivity index (χ3n) is 7.70. The van der Waals surface area contributed by atoms with Gasteiger partial charge in [-0.2, -0.15) is 0 Å². The molecule has 0 radical (unpaired) electrons. The van der Waals surface area contributed by atoms with Crippen molar-refractivity contribution in [1.29, 1.82) is 0 Å². The number of hydrogen-bond acceptors (Lipinski definition) is 4. The summed E-state index contributed by atoms with van der Waals surface area (Å²) in [6, 6.07) is 25.1. The first-order valence-electron chi connectivity index (χ1n) is 14.0. The highest BCUT2D eigenvalue weighted by Crippen LogP contribution is 2.36. The van der Waals surface area contributed by atoms with E-state index in [1.54, 1.807) is 0 Å². The topological polar surface area (TPSA) is 57.2 Å². The first-order valence-corrected chi connectivity index (χ1v) is 14.0. The van der Waals surface area contributed by atoms with Crippen LogP contribution >= 0.6 is 0 Å². The molecule has 7 rings (SSSR count). The number of rotatable bonds is 3. The third kappa shape index (κ3) is 4.22. The fourth-order valence-electron chi connectivity index (χ4n) is 5.63. The molecule has 0 amide bonds. The second-order valence-electron chi connectivity index (χ2n) is 12.8. The fourth-order valence-corrected chi connectivity index (χ4v) is 5.63. The van der Waals surface area contributed by atoms with Gasteiger partial charge in [0.1, 0.15) is 28.8 Å². The lowest BCUT2D eigenvalue weighted by Crippen LogP contribution is -2.18. The molecule has 0 unspecified atom stereocenters. The van der Waals surface area contributed by atoms with Gasteiger partial charge in [-0.15, -0.1) is 0 Å². The van der Waals surface area contributed by atoms with Crippen molar-refractivity contribution in [3.05, 3.63) is 103 Å². The van der Waals surface area contributed by atoms with E-state index < -0.39 is 0 Å². The zero-order valence-electron chi connectivity index (χ0n) is 24.3. The summed E-state index contributed by atoms with van der Waals surface area (Å²) < 4.78 is 10.8. The van der Waals surface area contributed by atoms with Gasteiger partial charge in [0, 0.05) is 46.2 Å². The maximum absolute atomic E-state index is 6.48. The Balaban J connectivity index is 1.36. The number of para-hydroxylation sites is 1. The van der Waals surface area contributed by atoms with Gasteiger partial charge in [-0.25, -0.2) is 15.0 Å². The Labute approximate surface area is 239 Å². The minimum atomic E-state index is -0.114. The molecule has 7 aromatic rings. The van der Waals surface area contributed by atoms with Crippen LogP contribution < -0.4 is 4.74 Å². The molecule has 204 valence electrons. The fraction of sp³-hybridized carbons (Fsp3) is 0.229. The van der Waals surface area contributed by atoms with Crippen LogP contribution in [0.4, 0.5) is 0 Å². The summed E-state index contributed by atoms with van der Waals surface area (Å²) in [4.78, 5) is 14.4. The Morgan fingerprint density at radius 1 is 0.659 bits per heavy atom. The van der Waals surface area contributed by atoms with E-state index >= 15 is 0 Å². The van der Waals surface area contributed by atoms with Crippen molar-refractivity contribution >= 4 is 38.4 Å². The molecule has 0 fully saturated rings. The van der Waals surface area contributed by atoms with Gasteiger partial charge in [0.25, 0.3) is 0 Å². The Bertz CT molecular complexity index is 2100. The second-order valence-corrected chi connectivity index (χ2v) is 12.8. The lowest BCUT2D eigenvalue weighted by atomic mass is 9.88. The number of pyridine rings is 1. The standard InChI is InChI=1S/C35H33N5O/c1-34(2,3)22-15-16-36-31(19-22)40-29-10-8-7-9-25(29)26-13-11-24(21-30(26)40)41-23-12-14-28-27(20-23)32-37-17-18-39(32)33(38-28)35(4,5)6/h7-21H,1-6H3. The number of imidazole rings is 1. The molecule has 6 heteroatoms. The highest BCUT2D eigenvalue weighted by Gasteiger charge is 2.22. The summed E-state index contributed by atoms with van der Waals surface area (Å²) in [7, 11) is 0. The molecule has 4 heterocycles. The summed E-state index contributed by atoms with van der Waals surface area (Å²) in [6.07, 6.45) is 5.71. The number of hydrogen-bond donors (Lipinski definition) is 0. The van der Waals surface area contributed by atoms with Crippen LogP contribution in [0.2, 0.25) is 0 Å². The number of fused-ring (bicyclic) bond motifs is 6. The summed E-state index contributed by atoms with van der Waals surface area (Å²) in [5.74, 6) is 3.37. The van der Waals surface area contributed by atoms with E-state index in [-0.39, 0.29) is 10.8 Å². The maximum Gasteiger partial charge on any atom is 0.147 e. The minimum absolute atomic E-state index is 0.0174. The Kier molecular flexibility index (Phi) is 5.48. The largest absolute Gasteiger partial charge is 0.457 e. The quantitative estimate of drug-likeness (QED) is 0.225. The molecular weight excluding hydrogens is 506 g/mol. The molecule has 6 nitrogen and oxygen atoms in total. The van der Waals surface area contributed by atoms with Crippen molar-refractivity contribution in [1.82, 2.24) is 23.9 Å². The molecule has 0 aliphatic rings. The van der Waals surface area contributed by atoms with Crippen LogP contribution in [0.5, 0.6) is 11.5 Å². The minimum Gasteiger partial charge on any atom is -0.457 e. The van der Waals surface area contributed by atoms with E-state index in [2.05, 4.69) is 104 Å². The first-order chi connectivity index (χ1) is 19.6. The van der Waals surface area contributed by atoms with Crippen LogP contribution in [0.3, 0.4) is 0 Å². The van der Waals surface area contributed by atoms with Gasteiger partial charge in [0.15, 0.2) is 0 Å². The van der Waals surface area contributed by atoms with Crippen LogP contribution in [-0.2, 0) is 10.8 Å². The van der Waals surface area contributed by atoms with Crippen molar-refractivity contribution in [3.63, 3.8) is 0 Å². The molecule has 0 saturated heterocycles. The van der Waals surface area contributed by atoms with Crippen molar-refractivity contribution in [2.45, 2.75) is 52.4 Å². The highest BCUT2D eigenvalue weighted by molar-refractivity contribution is 6.09. The Morgan fingerprint density at radius 2 is 1.41 bits per heavy atom. The first kappa shape index (κ1) is 25.3. The maximum atomic E-state index is 6.48. The predicted molar refractivity (Wildman–Crippen MR) is 167 cm³/mol. The van der Waals surface area contributed by atoms with Gasteiger partial charge in [0.05, 0.1) is 16.6 Å². The molecule has 0 saturated carbocycles. The summed E-state index contributed by atoms with van der Waals surface area (Å²) in [5.41, 5.74) is 5.10. The molecule has 0 aliphatic carbocycles. The molecule has 0 spiro atoms. The summed E-state index contributed by atoms with van der Waals surface area (Å²) in [6.45, 7) is 13.2. The molecule has 0 N–H and O–H groups in total. The Hall–Kier alpha value is -4.71. The van der Waals surface area contributed by atoms with E-state index in [1.165, 1.54) is 10.9 Å². The summed E-state index contributed by atoms with van der Waals surface area (Å²) >= 11 is 0. The number of benzene rings is 3. The summed E-state index contributed by atoms with van der Waals surface area (Å²) in [5, 5.41) is 3.30. The van der Waals surface area contributed by atoms with Crippen molar-refractivity contribution in [3.8, 4) is 17.3 Å². The van der Waals surface area contributed by atoms with E-state index in [9.17, 15) is 0 Å². The molecule has 41 heavy (non-hydrogen) atoms. The van der Waals surface area contributed by atoms with Gasteiger partial charge < -0.3 is 4.74 Å². The molecule has 0 aliphatic heterocycles. The molecular formula is C35H33N5O. The lowest BCUT2D eigenvalue weighted by molar-refractivity contribution is 0.484. The predicted octanol–water partition coefficient (Wildman–Crippen LogP) is 8.76. The number of nitrogens with zero attached hydrogens (tertiary/aromatic N) is 5. The van der Waals surface area contributed by atoms with Crippen LogP contribution in [-0.4, -0.2) is 23.9 Å². The van der Waals surface area contributed by atoms with Crippen molar-refractivity contribution in [2.75, 3.05) is 0 Å². The van der Waals surface area contributed by atoms with Gasteiger partial charge in [0.2, 0.25) is 0 Å². The number of aromatic nitrogens is 5. The van der Waals surface area contributed by atoms with E-state index in [1.807, 2.05) is 42.9 Å². The monoisotopic (exact) mass is 539 g/mol. The zero-order valence-corrected chi connectivity index (χ0v) is 24.3. The molecule has 4 aromatic heterocycles. The van der Waals surface area contributed by atoms with E-state index in [0.29, 0.717) is 0 Å². The van der Waals surface area contributed by atoms with Crippen LogP contribution in [0.1, 0.15) is 52.9 Å². The van der Waals surface area contributed by atoms with Crippen molar-refractivity contribution in [2.24, 2.45) is 0 Å². The van der Waals surface area contributed by atoms with Gasteiger partial charge in [-0.05, 0) is 59.5 Å². The second kappa shape index (κ2) is 8.90. The highest BCUT2D eigenvalue weighted by atomic mass is 16.5. The smallest absolute Gasteiger partial charge is 0.147 e. The lowest BCUT2D eigenvalue weighted by Gasteiger charge is -2.20. The number of ether oxygens (including phenoxy) is 1. The Morgan fingerprint density at radius 3 is 2.22 bits per heavy atom. The van der Waals surface area contributed by atoms with Gasteiger partial charge in [-0.1, -0.05) is 59.7 Å². The molecule has 3 aromatic carbocycles. The average molecular weight is 540 g/mol. The van der Waals surface area contributed by atoms with Crippen LogP contribution in [0, 0.1) is 0 Å². The zero-order chi connectivity index (χ0) is 28.5. The third-order valence-corrected chi connectivity index (χ3v) is 7.70. The van der Waals surface area contributed by atoms with E-state index in [0.717, 1.165) is 56.1 Å². The van der Waals surface area contributed by atoms with Crippen LogP contribution in [0.15, 0.2) is 91.4 Å². The van der Waals surface area contributed by atoms with Crippen molar-refractivity contribution < 1.29 is 4.74 Å².